The predicted molar refractivity (Wildman–Crippen MR) is 83.2 cm³/mol. The molecular formula is C16H28N2O2. The topological polar surface area (TPSA) is 51.2 Å². The fourth-order valence-electron chi connectivity index (χ4n) is 1.42. The largest absolute Gasteiger partial charge is 0.484 e. The summed E-state index contributed by atoms with van der Waals surface area (Å²) in [6.07, 6.45) is 5.84. The molecule has 0 radical (unpaired) electrons. The maximum Gasteiger partial charge on any atom is 0.167 e. The number of ether oxygens (including phenoxy) is 1. The van der Waals surface area contributed by atoms with E-state index in [1.54, 1.807) is 12.3 Å². The minimum atomic E-state index is 0.00979. The summed E-state index contributed by atoms with van der Waals surface area (Å²) in [6, 6.07) is 4.51. The number of hydrogen-bond donors (Lipinski definition) is 1. The summed E-state index contributed by atoms with van der Waals surface area (Å²) in [7, 11) is 2.03. The van der Waals surface area contributed by atoms with Gasteiger partial charge in [0.2, 0.25) is 0 Å². The Labute approximate surface area is 122 Å². The second kappa shape index (κ2) is 11.4. The lowest BCUT2D eigenvalue weighted by Gasteiger charge is -2.23. The van der Waals surface area contributed by atoms with Gasteiger partial charge in [0.15, 0.2) is 5.78 Å². The fraction of sp³-hybridized carbons (Fsp3) is 0.625. The summed E-state index contributed by atoms with van der Waals surface area (Å²) in [5, 5.41) is 3.20. The normalized spacial score (nSPS) is 13.1. The molecule has 4 nitrogen and oxygen atoms in total. The zero-order valence-electron chi connectivity index (χ0n) is 13.4. The molecule has 0 bridgehead atoms. The molecule has 4 heteroatoms. The Kier molecular flexibility index (Phi) is 10.6. The average molecular weight is 280 g/mol. The van der Waals surface area contributed by atoms with Gasteiger partial charge in [-0.05, 0) is 45.9 Å². The number of carbonyl (C=O) groups is 1. The number of hydrogen-bond acceptors (Lipinski definition) is 4. The number of ketones is 1. The first kappa shape index (κ1) is 18.6. The van der Waals surface area contributed by atoms with E-state index in [1.807, 2.05) is 33.9 Å². The van der Waals surface area contributed by atoms with Crippen LogP contribution in [0.3, 0.4) is 0 Å². The Hall–Kier alpha value is -1.42. The van der Waals surface area contributed by atoms with Crippen molar-refractivity contribution in [3.8, 4) is 5.75 Å². The van der Waals surface area contributed by atoms with E-state index in [0.29, 0.717) is 5.75 Å². The Balaban J connectivity index is 0.000000377. The third-order valence-electron chi connectivity index (χ3n) is 2.84. The molecule has 1 saturated carbocycles. The van der Waals surface area contributed by atoms with E-state index in [2.05, 4.69) is 10.3 Å². The molecule has 0 atom stereocenters. The van der Waals surface area contributed by atoms with Crippen LogP contribution < -0.4 is 10.1 Å². The van der Waals surface area contributed by atoms with Crippen LogP contribution in [0.4, 0.5) is 0 Å². The molecule has 1 aromatic heterocycles. The highest BCUT2D eigenvalue weighted by Crippen LogP contribution is 2.16. The molecule has 0 unspecified atom stereocenters. The van der Waals surface area contributed by atoms with Crippen molar-refractivity contribution in [1.29, 1.82) is 0 Å². The van der Waals surface area contributed by atoms with E-state index in [-0.39, 0.29) is 12.4 Å². The fourth-order valence-corrected chi connectivity index (χ4v) is 1.42. The Morgan fingerprint density at radius 3 is 2.35 bits per heavy atom. The number of rotatable bonds is 4. The quantitative estimate of drug-likeness (QED) is 0.920. The highest BCUT2D eigenvalue weighted by molar-refractivity contribution is 5.77. The van der Waals surface area contributed by atoms with Crippen molar-refractivity contribution in [3.05, 3.63) is 24.0 Å². The molecule has 0 spiro atoms. The first-order chi connectivity index (χ1) is 9.61. The number of Topliss-reactive ketones (excluding diaryl/α,β-unsaturated/α-hetero) is 1. The molecule has 0 amide bonds. The summed E-state index contributed by atoms with van der Waals surface area (Å²) in [5.41, 5.74) is 0.935. The van der Waals surface area contributed by atoms with Crippen LogP contribution in [-0.4, -0.2) is 30.5 Å². The second-order valence-electron chi connectivity index (χ2n) is 4.54. The van der Waals surface area contributed by atoms with Crippen molar-refractivity contribution in [2.24, 2.45) is 0 Å². The number of carbonyl (C=O) groups excluding carboxylic acids is 1. The monoisotopic (exact) mass is 280 g/mol. The van der Waals surface area contributed by atoms with Crippen molar-refractivity contribution in [2.75, 3.05) is 13.7 Å². The van der Waals surface area contributed by atoms with E-state index in [9.17, 15) is 4.79 Å². The average Bonchev–Trinajstić information content (AvgIpc) is 2.40. The molecule has 0 saturated heterocycles. The third-order valence-corrected chi connectivity index (χ3v) is 2.84. The molecule has 2 rings (SSSR count). The minimum Gasteiger partial charge on any atom is -0.484 e. The van der Waals surface area contributed by atoms with Gasteiger partial charge >= 0.3 is 0 Å². The van der Waals surface area contributed by atoms with Gasteiger partial charge in [-0.3, -0.25) is 9.78 Å². The molecule has 20 heavy (non-hydrogen) atoms. The Bertz CT molecular complexity index is 356. The number of nitrogens with zero attached hydrogens (tertiary/aromatic N) is 1. The lowest BCUT2D eigenvalue weighted by molar-refractivity contribution is -0.118. The molecule has 114 valence electrons. The van der Waals surface area contributed by atoms with Crippen molar-refractivity contribution in [2.45, 2.75) is 53.0 Å². The van der Waals surface area contributed by atoms with Gasteiger partial charge in [-0.25, -0.2) is 0 Å². The van der Waals surface area contributed by atoms with Crippen molar-refractivity contribution in [3.63, 3.8) is 0 Å². The van der Waals surface area contributed by atoms with Gasteiger partial charge in [0, 0.05) is 11.7 Å². The van der Waals surface area contributed by atoms with Crippen LogP contribution in [0.25, 0.3) is 0 Å². The standard InChI is InChI=1S/C9H11NO2.C5H11N.C2H6/c1-7-3-4-9(5-10-7)12-6-8(2)11;1-6-5-3-2-4-5;1-2/h3-5H,6H2,1-2H3;5-6H,2-4H2,1H3;1-2H3. The van der Waals surface area contributed by atoms with Crippen LogP contribution in [0.15, 0.2) is 18.3 Å². The maximum atomic E-state index is 10.5. The van der Waals surface area contributed by atoms with E-state index >= 15 is 0 Å². The van der Waals surface area contributed by atoms with Gasteiger partial charge in [-0.2, -0.15) is 0 Å². The van der Waals surface area contributed by atoms with Crippen LogP contribution >= 0.6 is 0 Å². The lowest BCUT2D eigenvalue weighted by Crippen LogP contribution is -2.31. The van der Waals surface area contributed by atoms with E-state index in [0.717, 1.165) is 11.7 Å². The number of aromatic nitrogens is 1. The van der Waals surface area contributed by atoms with Gasteiger partial charge in [-0.15, -0.1) is 0 Å². The first-order valence-electron chi connectivity index (χ1n) is 7.34. The van der Waals surface area contributed by atoms with Crippen molar-refractivity contribution < 1.29 is 9.53 Å². The van der Waals surface area contributed by atoms with Gasteiger partial charge < -0.3 is 10.1 Å². The Morgan fingerprint density at radius 1 is 1.40 bits per heavy atom. The van der Waals surface area contributed by atoms with Crippen molar-refractivity contribution >= 4 is 5.78 Å². The highest BCUT2D eigenvalue weighted by atomic mass is 16.5. The van der Waals surface area contributed by atoms with Gasteiger partial charge in [0.1, 0.15) is 12.4 Å². The van der Waals surface area contributed by atoms with E-state index < -0.39 is 0 Å². The summed E-state index contributed by atoms with van der Waals surface area (Å²) in [5.74, 6) is 0.645. The van der Waals surface area contributed by atoms with Gasteiger partial charge in [0.25, 0.3) is 0 Å². The minimum absolute atomic E-state index is 0.00979. The maximum absolute atomic E-state index is 10.5. The van der Waals surface area contributed by atoms with E-state index in [1.165, 1.54) is 26.2 Å². The molecule has 1 aliphatic rings. The zero-order valence-corrected chi connectivity index (χ0v) is 13.4. The third kappa shape index (κ3) is 8.64. The Morgan fingerprint density at radius 2 is 2.05 bits per heavy atom. The zero-order chi connectivity index (χ0) is 15.4. The van der Waals surface area contributed by atoms with Crippen LogP contribution in [0, 0.1) is 6.92 Å². The second-order valence-corrected chi connectivity index (χ2v) is 4.54. The van der Waals surface area contributed by atoms with Gasteiger partial charge in [-0.1, -0.05) is 20.3 Å². The number of aryl methyl sites for hydroxylation is 1. The lowest BCUT2D eigenvalue weighted by atomic mass is 9.94. The summed E-state index contributed by atoms with van der Waals surface area (Å²) < 4.78 is 5.11. The van der Waals surface area contributed by atoms with Crippen LogP contribution in [-0.2, 0) is 4.79 Å². The number of pyridine rings is 1. The molecule has 1 aliphatic carbocycles. The molecule has 1 fully saturated rings. The molecule has 1 heterocycles. The smallest absolute Gasteiger partial charge is 0.167 e. The molecular weight excluding hydrogens is 252 g/mol. The van der Waals surface area contributed by atoms with Crippen LogP contribution in [0.1, 0.15) is 45.7 Å². The molecule has 1 N–H and O–H groups in total. The molecule has 1 aromatic rings. The van der Waals surface area contributed by atoms with Crippen LogP contribution in [0.5, 0.6) is 5.75 Å². The van der Waals surface area contributed by atoms with E-state index in [4.69, 9.17) is 4.74 Å². The van der Waals surface area contributed by atoms with Crippen LogP contribution in [0.2, 0.25) is 0 Å². The molecule has 0 aliphatic heterocycles. The SMILES string of the molecule is CC.CC(=O)COc1ccc(C)nc1.CNC1CCC1. The summed E-state index contributed by atoms with van der Waals surface area (Å²) in [6.45, 7) is 7.50. The number of nitrogens with one attached hydrogen (secondary N) is 1. The highest BCUT2D eigenvalue weighted by Gasteiger charge is 2.13. The van der Waals surface area contributed by atoms with Gasteiger partial charge in [0.05, 0.1) is 6.20 Å². The predicted octanol–water partition coefficient (Wildman–Crippen LogP) is 3.14. The van der Waals surface area contributed by atoms with Crippen molar-refractivity contribution in [1.82, 2.24) is 10.3 Å². The first-order valence-corrected chi connectivity index (χ1v) is 7.34. The summed E-state index contributed by atoms with van der Waals surface area (Å²) in [4.78, 5) is 14.6. The summed E-state index contributed by atoms with van der Waals surface area (Å²) >= 11 is 0. The molecule has 0 aromatic carbocycles.